The number of aromatic hydroxyl groups is 1. The van der Waals surface area contributed by atoms with Crippen LogP contribution >= 0.6 is 11.6 Å². The van der Waals surface area contributed by atoms with Gasteiger partial charge in [0.1, 0.15) is 11.6 Å². The normalized spacial score (nSPS) is 29.0. The van der Waals surface area contributed by atoms with Crippen LogP contribution in [0.2, 0.25) is 5.02 Å². The highest BCUT2D eigenvalue weighted by Crippen LogP contribution is 2.63. The zero-order chi connectivity index (χ0) is 31.9. The number of imide groups is 2. The molecule has 2 aliphatic heterocycles. The first-order valence-electron chi connectivity index (χ1n) is 14.5. The lowest BCUT2D eigenvalue weighted by Gasteiger charge is -2.49. The Kier molecular flexibility index (Phi) is 6.49. The average Bonchev–Trinajstić information content (AvgIpc) is 3.38. The van der Waals surface area contributed by atoms with Crippen LogP contribution in [0.25, 0.3) is 0 Å². The minimum absolute atomic E-state index is 0.0420. The van der Waals surface area contributed by atoms with Crippen molar-refractivity contribution < 1.29 is 38.6 Å². The number of halogens is 2. The van der Waals surface area contributed by atoms with Crippen molar-refractivity contribution in [1.82, 2.24) is 0 Å². The molecule has 2 aliphatic carbocycles. The molecule has 0 unspecified atom stereocenters. The number of nitrogens with zero attached hydrogens (tertiary/aromatic N) is 2. The second kappa shape index (κ2) is 10.1. The van der Waals surface area contributed by atoms with Crippen LogP contribution in [0.1, 0.15) is 41.6 Å². The molecule has 0 aromatic heterocycles. The van der Waals surface area contributed by atoms with E-state index in [1.807, 2.05) is 6.08 Å². The summed E-state index contributed by atoms with van der Waals surface area (Å²) >= 11 is 6.03. The highest BCUT2D eigenvalue weighted by Gasteiger charge is 2.67. The molecular weight excluding hydrogens is 603 g/mol. The van der Waals surface area contributed by atoms with Crippen molar-refractivity contribution in [1.29, 1.82) is 0 Å². The summed E-state index contributed by atoms with van der Waals surface area (Å²) in [5.74, 6) is -7.81. The monoisotopic (exact) mass is 628 g/mol. The highest BCUT2D eigenvalue weighted by atomic mass is 35.5. The third kappa shape index (κ3) is 4.08. The molecule has 3 fully saturated rings. The van der Waals surface area contributed by atoms with Gasteiger partial charge in [-0.25, -0.2) is 14.1 Å². The summed E-state index contributed by atoms with van der Waals surface area (Å²) < 4.78 is 14.0. The van der Waals surface area contributed by atoms with E-state index in [1.165, 1.54) is 48.5 Å². The number of hydrogen-bond acceptors (Lipinski definition) is 6. The lowest BCUT2D eigenvalue weighted by molar-refractivity contribution is -0.131. The summed E-state index contributed by atoms with van der Waals surface area (Å²) in [6, 6.07) is 15.7. The summed E-state index contributed by atoms with van der Waals surface area (Å²) in [4.78, 5) is 70.1. The Hall–Kier alpha value is -4.83. The highest BCUT2D eigenvalue weighted by molar-refractivity contribution is 6.32. The first-order valence-corrected chi connectivity index (χ1v) is 14.8. The van der Waals surface area contributed by atoms with Crippen LogP contribution in [0.5, 0.6) is 5.75 Å². The van der Waals surface area contributed by atoms with Crippen LogP contribution in [-0.2, 0) is 19.2 Å². The molecule has 228 valence electrons. The number of benzene rings is 3. The first-order chi connectivity index (χ1) is 21.4. The largest absolute Gasteiger partial charge is 0.508 e. The molecule has 3 aromatic carbocycles. The lowest BCUT2D eigenvalue weighted by Crippen LogP contribution is -2.48. The summed E-state index contributed by atoms with van der Waals surface area (Å²) in [6.07, 6.45) is 2.17. The van der Waals surface area contributed by atoms with Crippen molar-refractivity contribution in [3.05, 3.63) is 100 Å². The topological polar surface area (TPSA) is 132 Å². The van der Waals surface area contributed by atoms with E-state index in [0.717, 1.165) is 21.4 Å². The predicted molar refractivity (Wildman–Crippen MR) is 160 cm³/mol. The molecule has 6 atom stereocenters. The van der Waals surface area contributed by atoms with Crippen molar-refractivity contribution in [2.75, 3.05) is 9.80 Å². The molecule has 45 heavy (non-hydrogen) atoms. The zero-order valence-electron chi connectivity index (χ0n) is 23.8. The molecular formula is C34H26ClFN2O7. The Balaban J connectivity index is 1.35. The minimum atomic E-state index is -1.35. The van der Waals surface area contributed by atoms with Gasteiger partial charge in [0, 0.05) is 5.92 Å². The van der Waals surface area contributed by atoms with E-state index in [2.05, 4.69) is 0 Å². The lowest BCUT2D eigenvalue weighted by atomic mass is 9.51. The predicted octanol–water partition coefficient (Wildman–Crippen LogP) is 5.32. The van der Waals surface area contributed by atoms with Gasteiger partial charge in [0.25, 0.3) is 0 Å². The molecule has 1 saturated carbocycles. The Morgan fingerprint density at radius 3 is 2.36 bits per heavy atom. The molecule has 4 amide bonds. The smallest absolute Gasteiger partial charge is 0.335 e. The van der Waals surface area contributed by atoms with Gasteiger partial charge in [-0.3, -0.25) is 24.1 Å². The Labute approximate surface area is 261 Å². The molecule has 7 rings (SSSR count). The van der Waals surface area contributed by atoms with Gasteiger partial charge < -0.3 is 10.2 Å². The number of hydrogen-bond donors (Lipinski definition) is 2. The summed E-state index contributed by atoms with van der Waals surface area (Å²) in [6.45, 7) is 1.70. The molecule has 2 heterocycles. The zero-order valence-corrected chi connectivity index (χ0v) is 24.6. The number of carbonyl (C=O) groups is 5. The second-order valence-electron chi connectivity index (χ2n) is 12.2. The van der Waals surface area contributed by atoms with E-state index in [0.29, 0.717) is 5.56 Å². The Morgan fingerprint density at radius 2 is 1.64 bits per heavy atom. The van der Waals surface area contributed by atoms with Crippen LogP contribution in [0.4, 0.5) is 15.8 Å². The van der Waals surface area contributed by atoms with Crippen molar-refractivity contribution >= 4 is 52.6 Å². The quantitative estimate of drug-likeness (QED) is 0.295. The van der Waals surface area contributed by atoms with E-state index < -0.39 is 70.4 Å². The minimum Gasteiger partial charge on any atom is -0.508 e. The molecule has 2 N–H and O–H groups in total. The van der Waals surface area contributed by atoms with Gasteiger partial charge in [0.15, 0.2) is 0 Å². The van der Waals surface area contributed by atoms with Crippen molar-refractivity contribution in [2.24, 2.45) is 29.1 Å². The van der Waals surface area contributed by atoms with Crippen LogP contribution < -0.4 is 9.80 Å². The van der Waals surface area contributed by atoms with Gasteiger partial charge in [-0.1, -0.05) is 41.4 Å². The number of phenols is 1. The van der Waals surface area contributed by atoms with E-state index in [1.54, 1.807) is 19.1 Å². The van der Waals surface area contributed by atoms with Crippen LogP contribution in [-0.4, -0.2) is 39.8 Å². The Morgan fingerprint density at radius 1 is 0.911 bits per heavy atom. The van der Waals surface area contributed by atoms with Crippen LogP contribution in [0.3, 0.4) is 0 Å². The van der Waals surface area contributed by atoms with E-state index in [4.69, 9.17) is 11.6 Å². The molecule has 9 nitrogen and oxygen atoms in total. The molecule has 3 aromatic rings. The fraction of sp³-hybridized carbons (Fsp3) is 0.265. The van der Waals surface area contributed by atoms with Gasteiger partial charge in [-0.15, -0.1) is 0 Å². The van der Waals surface area contributed by atoms with E-state index in [9.17, 15) is 38.6 Å². The van der Waals surface area contributed by atoms with Gasteiger partial charge in [0.2, 0.25) is 23.6 Å². The number of fused-ring (bicyclic) bond motifs is 4. The first kappa shape index (κ1) is 28.9. The summed E-state index contributed by atoms with van der Waals surface area (Å²) in [5, 5.41) is 19.7. The number of carboxylic acid groups (broad SMARTS) is 1. The number of anilines is 2. The Bertz CT molecular complexity index is 1890. The van der Waals surface area contributed by atoms with Crippen molar-refractivity contribution in [3.63, 3.8) is 0 Å². The van der Waals surface area contributed by atoms with Gasteiger partial charge in [-0.05, 0) is 79.8 Å². The molecule has 4 aliphatic rings. The van der Waals surface area contributed by atoms with Gasteiger partial charge in [0.05, 0.1) is 45.1 Å². The number of rotatable bonds is 4. The second-order valence-corrected chi connectivity index (χ2v) is 12.6. The molecule has 0 bridgehead atoms. The maximum atomic E-state index is 14.4. The van der Waals surface area contributed by atoms with Crippen molar-refractivity contribution in [2.45, 2.75) is 25.7 Å². The fourth-order valence-corrected chi connectivity index (χ4v) is 8.18. The number of aromatic carboxylic acids is 1. The maximum Gasteiger partial charge on any atom is 0.335 e. The molecule has 2 saturated heterocycles. The fourth-order valence-electron chi connectivity index (χ4n) is 8.00. The molecule has 0 spiro atoms. The van der Waals surface area contributed by atoms with E-state index in [-0.39, 0.29) is 40.6 Å². The number of phenolic OH excluding ortho intramolecular Hbond substituents is 1. The third-order valence-electron chi connectivity index (χ3n) is 9.99. The number of carboxylic acids is 1. The molecule has 11 heteroatoms. The van der Waals surface area contributed by atoms with Crippen molar-refractivity contribution in [3.8, 4) is 5.75 Å². The average molecular weight is 629 g/mol. The van der Waals surface area contributed by atoms with Gasteiger partial charge >= 0.3 is 5.97 Å². The third-order valence-corrected chi connectivity index (χ3v) is 10.3. The molecule has 0 radical (unpaired) electrons. The van der Waals surface area contributed by atoms with Crippen LogP contribution in [0, 0.1) is 34.9 Å². The van der Waals surface area contributed by atoms with Crippen LogP contribution in [0.15, 0.2) is 78.4 Å². The van der Waals surface area contributed by atoms with E-state index >= 15 is 0 Å². The SMILES string of the molecule is C[C@@]12C(=O)N(c3ccc(F)c(Cl)c3)C(=O)[C@@H]1C[C@@H]1C(=CC[C@@H]3C(=O)N(c4cccc(C(=O)O)c4)C(=O)[C@@H]31)[C@@H]2c1cccc(O)c1. The van der Waals surface area contributed by atoms with Gasteiger partial charge in [-0.2, -0.15) is 0 Å². The standard InChI is InChI=1S/C34H26ClFN2O7/c1-34-24(30(41)38(33(34)45)19-8-11-26(36)25(35)14-19)15-23-21(28(34)16-4-3-7-20(39)13-16)9-10-22-27(23)31(42)37(29(22)40)18-6-2-5-17(12-18)32(43)44/h2-9,11-14,22-24,27-28,39H,10,15H2,1H3,(H,43,44)/t22-,23+,24-,27-,28-,34+/m0/s1. The summed E-state index contributed by atoms with van der Waals surface area (Å²) in [5.41, 5.74) is 0.144. The number of amides is 4. The number of carbonyl (C=O) groups excluding carboxylic acids is 4. The maximum absolute atomic E-state index is 14.4. The number of allylic oxidation sites excluding steroid dienone is 2. The summed E-state index contributed by atoms with van der Waals surface area (Å²) in [7, 11) is 0.